The average molecular weight is 156 g/mol. The van der Waals surface area contributed by atoms with E-state index in [0.29, 0.717) is 12.2 Å². The Morgan fingerprint density at radius 2 is 2.18 bits per heavy atom. The molecule has 64 valence electrons. The molecule has 0 aromatic heterocycles. The Hall–Kier alpha value is -0.340. The van der Waals surface area contributed by atoms with Gasteiger partial charge in [-0.3, -0.25) is 0 Å². The second-order valence-corrected chi connectivity index (χ2v) is 2.85. The van der Waals surface area contributed by atoms with Crippen LogP contribution in [0.3, 0.4) is 0 Å². The molecule has 1 saturated heterocycles. The summed E-state index contributed by atoms with van der Waals surface area (Å²) in [7, 11) is 0. The molecular formula is C9H16O2. The Morgan fingerprint density at radius 1 is 1.36 bits per heavy atom. The molecule has 0 aliphatic carbocycles. The van der Waals surface area contributed by atoms with E-state index >= 15 is 0 Å². The Bertz CT molecular complexity index is 132. The first-order valence-corrected chi connectivity index (χ1v) is 4.29. The van der Waals surface area contributed by atoms with Gasteiger partial charge in [-0.15, -0.1) is 0 Å². The molecule has 1 heterocycles. The van der Waals surface area contributed by atoms with Crippen LogP contribution < -0.4 is 0 Å². The maximum absolute atomic E-state index is 8.43. The molecule has 1 rings (SSSR count). The van der Waals surface area contributed by atoms with Crippen molar-refractivity contribution in [3.63, 3.8) is 0 Å². The zero-order valence-electron chi connectivity index (χ0n) is 6.99. The minimum absolute atomic E-state index is 0.155. The van der Waals surface area contributed by atoms with Crippen molar-refractivity contribution >= 4 is 0 Å². The molecule has 2 heteroatoms. The van der Waals surface area contributed by atoms with Gasteiger partial charge in [0.2, 0.25) is 0 Å². The van der Waals surface area contributed by atoms with Crippen LogP contribution in [0.1, 0.15) is 26.2 Å². The lowest BCUT2D eigenvalue weighted by Gasteiger charge is -1.88. The van der Waals surface area contributed by atoms with E-state index in [9.17, 15) is 0 Å². The van der Waals surface area contributed by atoms with Gasteiger partial charge in [0.15, 0.2) is 0 Å². The van der Waals surface area contributed by atoms with Crippen molar-refractivity contribution in [1.82, 2.24) is 0 Å². The maximum atomic E-state index is 8.43. The van der Waals surface area contributed by atoms with Crippen LogP contribution in [0.25, 0.3) is 0 Å². The lowest BCUT2D eigenvalue weighted by molar-refractivity contribution is 0.341. The highest BCUT2D eigenvalue weighted by Gasteiger charge is 2.35. The highest BCUT2D eigenvalue weighted by Crippen LogP contribution is 2.28. The standard InChI is InChI=1S/C9H16O2/c1-2-8-9(11-8)6-4-3-5-7-10/h3,5,8-10H,2,4,6-7H2,1H3/b5-3+. The van der Waals surface area contributed by atoms with Crippen LogP contribution >= 0.6 is 0 Å². The van der Waals surface area contributed by atoms with Crippen LogP contribution in [0.2, 0.25) is 0 Å². The number of ether oxygens (including phenoxy) is 1. The molecule has 0 saturated carbocycles. The van der Waals surface area contributed by atoms with Gasteiger partial charge in [0, 0.05) is 0 Å². The normalized spacial score (nSPS) is 29.6. The molecule has 1 fully saturated rings. The summed E-state index contributed by atoms with van der Waals surface area (Å²) in [6.07, 6.45) is 8.09. The van der Waals surface area contributed by atoms with Gasteiger partial charge in [-0.05, 0) is 19.3 Å². The summed E-state index contributed by atoms with van der Waals surface area (Å²) in [5.41, 5.74) is 0. The fourth-order valence-corrected chi connectivity index (χ4v) is 1.25. The van der Waals surface area contributed by atoms with Crippen molar-refractivity contribution < 1.29 is 9.84 Å². The first kappa shape index (κ1) is 8.75. The lowest BCUT2D eigenvalue weighted by atomic mass is 10.1. The molecule has 0 bridgehead atoms. The Morgan fingerprint density at radius 3 is 2.73 bits per heavy atom. The van der Waals surface area contributed by atoms with Gasteiger partial charge in [0.05, 0.1) is 18.8 Å². The number of aliphatic hydroxyl groups is 1. The quantitative estimate of drug-likeness (QED) is 0.483. The summed E-state index contributed by atoms with van der Waals surface area (Å²) in [5, 5.41) is 8.43. The third-order valence-electron chi connectivity index (χ3n) is 1.98. The topological polar surface area (TPSA) is 32.8 Å². The molecule has 11 heavy (non-hydrogen) atoms. The maximum Gasteiger partial charge on any atom is 0.0844 e. The number of rotatable bonds is 5. The minimum atomic E-state index is 0.155. The predicted molar refractivity (Wildman–Crippen MR) is 44.4 cm³/mol. The molecule has 1 N–H and O–H groups in total. The zero-order chi connectivity index (χ0) is 8.10. The van der Waals surface area contributed by atoms with E-state index in [1.165, 1.54) is 0 Å². The van der Waals surface area contributed by atoms with Crippen LogP contribution in [-0.4, -0.2) is 23.9 Å². The fraction of sp³-hybridized carbons (Fsp3) is 0.778. The largest absolute Gasteiger partial charge is 0.392 e. The first-order valence-electron chi connectivity index (χ1n) is 4.29. The molecule has 0 radical (unpaired) electrons. The van der Waals surface area contributed by atoms with Crippen molar-refractivity contribution in [2.24, 2.45) is 0 Å². The summed E-state index contributed by atoms with van der Waals surface area (Å²) in [6, 6.07) is 0. The van der Waals surface area contributed by atoms with Gasteiger partial charge in [-0.25, -0.2) is 0 Å². The number of epoxide rings is 1. The zero-order valence-corrected chi connectivity index (χ0v) is 6.99. The summed E-state index contributed by atoms with van der Waals surface area (Å²) in [5.74, 6) is 0. The first-order chi connectivity index (χ1) is 5.38. The second kappa shape index (κ2) is 4.52. The summed E-state index contributed by atoms with van der Waals surface area (Å²) in [4.78, 5) is 0. The Labute approximate surface area is 67.9 Å². The average Bonchev–Trinajstić information content (AvgIpc) is 2.77. The van der Waals surface area contributed by atoms with E-state index in [4.69, 9.17) is 9.84 Å². The van der Waals surface area contributed by atoms with Gasteiger partial charge in [0.25, 0.3) is 0 Å². The van der Waals surface area contributed by atoms with Crippen molar-refractivity contribution in [3.8, 4) is 0 Å². The van der Waals surface area contributed by atoms with E-state index in [0.717, 1.165) is 19.3 Å². The Kier molecular flexibility index (Phi) is 3.60. The smallest absolute Gasteiger partial charge is 0.0844 e. The highest BCUT2D eigenvalue weighted by molar-refractivity contribution is 4.88. The summed E-state index contributed by atoms with van der Waals surface area (Å²) < 4.78 is 5.35. The van der Waals surface area contributed by atoms with Gasteiger partial charge in [-0.1, -0.05) is 19.1 Å². The van der Waals surface area contributed by atoms with Gasteiger partial charge in [-0.2, -0.15) is 0 Å². The fourth-order valence-electron chi connectivity index (χ4n) is 1.25. The van der Waals surface area contributed by atoms with Gasteiger partial charge < -0.3 is 9.84 Å². The summed E-state index contributed by atoms with van der Waals surface area (Å²) >= 11 is 0. The van der Waals surface area contributed by atoms with Crippen molar-refractivity contribution in [2.75, 3.05) is 6.61 Å². The molecule has 1 aliphatic rings. The van der Waals surface area contributed by atoms with E-state index in [2.05, 4.69) is 6.92 Å². The molecule has 1 aliphatic heterocycles. The predicted octanol–water partition coefficient (Wildman–Crippen LogP) is 1.49. The molecule has 0 spiro atoms. The van der Waals surface area contributed by atoms with Crippen molar-refractivity contribution in [1.29, 1.82) is 0 Å². The van der Waals surface area contributed by atoms with Crippen LogP contribution in [0, 0.1) is 0 Å². The summed E-state index contributed by atoms with van der Waals surface area (Å²) in [6.45, 7) is 2.30. The Balaban J connectivity index is 1.93. The number of hydrogen-bond acceptors (Lipinski definition) is 2. The van der Waals surface area contributed by atoms with Gasteiger partial charge in [0.1, 0.15) is 0 Å². The van der Waals surface area contributed by atoms with Crippen LogP contribution in [-0.2, 0) is 4.74 Å². The SMILES string of the molecule is CCC1OC1CC/C=C/CO. The number of hydrogen-bond donors (Lipinski definition) is 1. The third-order valence-corrected chi connectivity index (χ3v) is 1.98. The highest BCUT2D eigenvalue weighted by atomic mass is 16.6. The molecular weight excluding hydrogens is 140 g/mol. The number of aliphatic hydroxyl groups excluding tert-OH is 1. The molecule has 2 unspecified atom stereocenters. The van der Waals surface area contributed by atoms with E-state index in [1.807, 2.05) is 6.08 Å². The molecule has 0 aromatic carbocycles. The molecule has 2 atom stereocenters. The van der Waals surface area contributed by atoms with Crippen LogP contribution in [0.15, 0.2) is 12.2 Å². The monoisotopic (exact) mass is 156 g/mol. The third kappa shape index (κ3) is 3.04. The van der Waals surface area contributed by atoms with E-state index < -0.39 is 0 Å². The molecule has 0 amide bonds. The minimum Gasteiger partial charge on any atom is -0.392 e. The van der Waals surface area contributed by atoms with Crippen LogP contribution in [0.4, 0.5) is 0 Å². The lowest BCUT2D eigenvalue weighted by Crippen LogP contribution is -1.90. The molecule has 0 aromatic rings. The van der Waals surface area contributed by atoms with Crippen molar-refractivity contribution in [2.45, 2.75) is 38.4 Å². The second-order valence-electron chi connectivity index (χ2n) is 2.85. The van der Waals surface area contributed by atoms with E-state index in [1.54, 1.807) is 6.08 Å². The molecule has 2 nitrogen and oxygen atoms in total. The van der Waals surface area contributed by atoms with Crippen molar-refractivity contribution in [3.05, 3.63) is 12.2 Å². The van der Waals surface area contributed by atoms with Gasteiger partial charge >= 0.3 is 0 Å². The van der Waals surface area contributed by atoms with E-state index in [-0.39, 0.29) is 6.61 Å². The van der Waals surface area contributed by atoms with Crippen LogP contribution in [0.5, 0.6) is 0 Å². The number of allylic oxidation sites excluding steroid dienone is 1.